The predicted octanol–water partition coefficient (Wildman–Crippen LogP) is 3.25. The summed E-state index contributed by atoms with van der Waals surface area (Å²) in [7, 11) is 0. The lowest BCUT2D eigenvalue weighted by Crippen LogP contribution is -2.42. The molecule has 0 aliphatic rings. The van der Waals surface area contributed by atoms with Crippen molar-refractivity contribution in [2.75, 3.05) is 6.61 Å². The first-order chi connectivity index (χ1) is 9.17. The second kappa shape index (κ2) is 8.68. The van der Waals surface area contributed by atoms with Gasteiger partial charge < -0.3 is 10.4 Å². The van der Waals surface area contributed by atoms with Crippen LogP contribution in [0.15, 0.2) is 49.1 Å². The second-order valence-corrected chi connectivity index (χ2v) is 5.10. The van der Waals surface area contributed by atoms with Crippen molar-refractivity contribution in [3.63, 3.8) is 0 Å². The molecule has 0 saturated heterocycles. The van der Waals surface area contributed by atoms with Crippen LogP contribution in [0, 0.1) is 5.92 Å². The molecule has 1 aromatic rings. The van der Waals surface area contributed by atoms with Crippen molar-refractivity contribution in [3.8, 4) is 0 Å². The normalized spacial score (nSPS) is 14.7. The first kappa shape index (κ1) is 15.7. The molecule has 19 heavy (non-hydrogen) atoms. The standard InChI is InChI=1S/C17H25NO/c1-4-8-17(14(2)3)18-16(13-19)12-11-15-9-6-5-7-10-15/h4-7,9-12,14,16-19H,1,8,13H2,2-3H3/b12-11+/t16-,17-/m1/s1. The molecule has 2 nitrogen and oxygen atoms in total. The summed E-state index contributed by atoms with van der Waals surface area (Å²) < 4.78 is 0. The van der Waals surface area contributed by atoms with Gasteiger partial charge in [0, 0.05) is 12.1 Å². The molecule has 0 aliphatic carbocycles. The van der Waals surface area contributed by atoms with E-state index in [0.717, 1.165) is 12.0 Å². The third-order valence-corrected chi connectivity index (χ3v) is 3.17. The third-order valence-electron chi connectivity index (χ3n) is 3.17. The Hall–Kier alpha value is -1.38. The van der Waals surface area contributed by atoms with E-state index in [0.29, 0.717) is 12.0 Å². The van der Waals surface area contributed by atoms with Crippen molar-refractivity contribution in [3.05, 3.63) is 54.6 Å². The first-order valence-corrected chi connectivity index (χ1v) is 6.88. The first-order valence-electron chi connectivity index (χ1n) is 6.88. The highest BCUT2D eigenvalue weighted by molar-refractivity contribution is 5.49. The van der Waals surface area contributed by atoms with Crippen LogP contribution < -0.4 is 5.32 Å². The average molecular weight is 259 g/mol. The summed E-state index contributed by atoms with van der Waals surface area (Å²) in [4.78, 5) is 0. The Balaban J connectivity index is 2.62. The van der Waals surface area contributed by atoms with Gasteiger partial charge in [-0.15, -0.1) is 6.58 Å². The summed E-state index contributed by atoms with van der Waals surface area (Å²) in [5.74, 6) is 0.511. The van der Waals surface area contributed by atoms with Crippen LogP contribution in [0.25, 0.3) is 6.08 Å². The van der Waals surface area contributed by atoms with Crippen LogP contribution in [0.1, 0.15) is 25.8 Å². The van der Waals surface area contributed by atoms with Crippen LogP contribution in [0.5, 0.6) is 0 Å². The van der Waals surface area contributed by atoms with Gasteiger partial charge in [0.25, 0.3) is 0 Å². The Morgan fingerprint density at radius 2 is 1.95 bits per heavy atom. The lowest BCUT2D eigenvalue weighted by atomic mass is 9.99. The molecule has 0 unspecified atom stereocenters. The van der Waals surface area contributed by atoms with Crippen LogP contribution in [0.3, 0.4) is 0 Å². The number of rotatable bonds is 8. The monoisotopic (exact) mass is 259 g/mol. The van der Waals surface area contributed by atoms with Gasteiger partial charge in [-0.25, -0.2) is 0 Å². The third kappa shape index (κ3) is 5.86. The lowest BCUT2D eigenvalue weighted by Gasteiger charge is -2.25. The molecule has 1 aromatic carbocycles. The highest BCUT2D eigenvalue weighted by Gasteiger charge is 2.14. The predicted molar refractivity (Wildman–Crippen MR) is 82.9 cm³/mol. The zero-order valence-corrected chi connectivity index (χ0v) is 11.9. The molecule has 0 amide bonds. The molecule has 1 rings (SSSR count). The SMILES string of the molecule is C=CC[C@@H](N[C@H](/C=C/c1ccccc1)CO)C(C)C. The zero-order valence-electron chi connectivity index (χ0n) is 11.9. The minimum absolute atomic E-state index is 0.0208. The van der Waals surface area contributed by atoms with Crippen molar-refractivity contribution >= 4 is 6.08 Å². The van der Waals surface area contributed by atoms with Gasteiger partial charge in [-0.1, -0.05) is 62.4 Å². The maximum atomic E-state index is 9.46. The number of hydrogen-bond donors (Lipinski definition) is 2. The molecule has 2 N–H and O–H groups in total. The fraction of sp³-hybridized carbons (Fsp3) is 0.412. The van der Waals surface area contributed by atoms with Gasteiger partial charge in [-0.2, -0.15) is 0 Å². The Morgan fingerprint density at radius 3 is 2.47 bits per heavy atom. The van der Waals surface area contributed by atoms with Gasteiger partial charge in [0.2, 0.25) is 0 Å². The van der Waals surface area contributed by atoms with E-state index in [1.165, 1.54) is 0 Å². The van der Waals surface area contributed by atoms with Crippen LogP contribution in [-0.4, -0.2) is 23.8 Å². The molecule has 0 saturated carbocycles. The summed E-state index contributed by atoms with van der Waals surface area (Å²) in [5, 5.41) is 12.9. The topological polar surface area (TPSA) is 32.3 Å². The molecule has 0 aliphatic heterocycles. The number of aliphatic hydroxyl groups excluding tert-OH is 1. The maximum Gasteiger partial charge on any atom is 0.0620 e. The smallest absolute Gasteiger partial charge is 0.0620 e. The van der Waals surface area contributed by atoms with Crippen molar-refractivity contribution in [1.29, 1.82) is 0 Å². The van der Waals surface area contributed by atoms with Gasteiger partial charge in [0.05, 0.1) is 6.61 Å². The van der Waals surface area contributed by atoms with E-state index in [1.807, 2.05) is 36.4 Å². The summed E-state index contributed by atoms with van der Waals surface area (Å²) in [6, 6.07) is 10.4. The Labute approximate surface area is 116 Å². The molecule has 0 heterocycles. The summed E-state index contributed by atoms with van der Waals surface area (Å²) >= 11 is 0. The molecule has 0 aromatic heterocycles. The van der Waals surface area contributed by atoms with E-state index in [-0.39, 0.29) is 12.6 Å². The number of aliphatic hydroxyl groups is 1. The van der Waals surface area contributed by atoms with Crippen LogP contribution in [0.4, 0.5) is 0 Å². The Bertz CT molecular complexity index is 384. The van der Waals surface area contributed by atoms with E-state index in [1.54, 1.807) is 0 Å². The number of hydrogen-bond acceptors (Lipinski definition) is 2. The van der Waals surface area contributed by atoms with Crippen LogP contribution in [0.2, 0.25) is 0 Å². The molecular weight excluding hydrogens is 234 g/mol. The number of benzene rings is 1. The molecule has 0 bridgehead atoms. The van der Waals surface area contributed by atoms with Crippen molar-refractivity contribution in [2.45, 2.75) is 32.4 Å². The van der Waals surface area contributed by atoms with Crippen molar-refractivity contribution in [2.24, 2.45) is 5.92 Å². The van der Waals surface area contributed by atoms with Crippen molar-refractivity contribution in [1.82, 2.24) is 5.32 Å². The molecular formula is C17H25NO. The molecule has 104 valence electrons. The quantitative estimate of drug-likeness (QED) is 0.702. The summed E-state index contributed by atoms with van der Waals surface area (Å²) in [6.07, 6.45) is 6.90. The van der Waals surface area contributed by atoms with Gasteiger partial charge in [0.15, 0.2) is 0 Å². The Morgan fingerprint density at radius 1 is 1.26 bits per heavy atom. The van der Waals surface area contributed by atoms with Gasteiger partial charge in [0.1, 0.15) is 0 Å². The zero-order chi connectivity index (χ0) is 14.1. The lowest BCUT2D eigenvalue weighted by molar-refractivity contribution is 0.243. The Kier molecular flexibility index (Phi) is 7.16. The minimum Gasteiger partial charge on any atom is -0.394 e. The molecule has 0 fully saturated rings. The summed E-state index contributed by atoms with van der Waals surface area (Å²) in [6.45, 7) is 8.24. The molecule has 0 spiro atoms. The maximum absolute atomic E-state index is 9.46. The van der Waals surface area contributed by atoms with E-state index < -0.39 is 0 Å². The molecule has 0 radical (unpaired) electrons. The summed E-state index contributed by atoms with van der Waals surface area (Å²) in [5.41, 5.74) is 1.15. The van der Waals surface area contributed by atoms with Crippen LogP contribution >= 0.6 is 0 Å². The van der Waals surface area contributed by atoms with E-state index in [9.17, 15) is 5.11 Å². The largest absolute Gasteiger partial charge is 0.394 e. The molecule has 2 atom stereocenters. The second-order valence-electron chi connectivity index (χ2n) is 5.10. The van der Waals surface area contributed by atoms with Gasteiger partial charge in [-0.3, -0.25) is 0 Å². The van der Waals surface area contributed by atoms with E-state index in [2.05, 4.69) is 37.9 Å². The van der Waals surface area contributed by atoms with Gasteiger partial charge in [-0.05, 0) is 17.9 Å². The van der Waals surface area contributed by atoms with E-state index >= 15 is 0 Å². The highest BCUT2D eigenvalue weighted by atomic mass is 16.3. The average Bonchev–Trinajstić information content (AvgIpc) is 2.43. The minimum atomic E-state index is -0.0208. The van der Waals surface area contributed by atoms with Crippen LogP contribution in [-0.2, 0) is 0 Å². The van der Waals surface area contributed by atoms with E-state index in [4.69, 9.17) is 0 Å². The fourth-order valence-corrected chi connectivity index (χ4v) is 1.95. The van der Waals surface area contributed by atoms with Gasteiger partial charge >= 0.3 is 0 Å². The highest BCUT2D eigenvalue weighted by Crippen LogP contribution is 2.09. The fourth-order valence-electron chi connectivity index (χ4n) is 1.95. The molecule has 2 heteroatoms. The van der Waals surface area contributed by atoms with Crippen molar-refractivity contribution < 1.29 is 5.11 Å². The number of nitrogens with one attached hydrogen (secondary N) is 1.